The molecule has 0 aliphatic rings. The van der Waals surface area contributed by atoms with E-state index >= 15 is 0 Å². The van der Waals surface area contributed by atoms with Gasteiger partial charge in [0.25, 0.3) is 0 Å². The third-order valence-electron chi connectivity index (χ3n) is 2.69. The van der Waals surface area contributed by atoms with Gasteiger partial charge < -0.3 is 14.6 Å². The van der Waals surface area contributed by atoms with Gasteiger partial charge in [-0.1, -0.05) is 6.08 Å². The first-order valence-electron chi connectivity index (χ1n) is 5.90. The summed E-state index contributed by atoms with van der Waals surface area (Å²) >= 11 is 0. The Morgan fingerprint density at radius 2 is 2.11 bits per heavy atom. The average Bonchev–Trinajstić information content (AvgIpc) is 2.39. The summed E-state index contributed by atoms with van der Waals surface area (Å²) in [4.78, 5) is 2.09. The standard InChI is InChI=1S/C14H21NO3/c1-4-7-15(8-9-16)11-12-10-13(17-2)5-6-14(12)18-3/h4-6,10,16H,1,7-9,11H2,2-3H3. The molecule has 0 bridgehead atoms. The smallest absolute Gasteiger partial charge is 0.123 e. The van der Waals surface area contributed by atoms with Gasteiger partial charge in [0.15, 0.2) is 0 Å². The van der Waals surface area contributed by atoms with E-state index in [0.29, 0.717) is 13.1 Å². The van der Waals surface area contributed by atoms with Crippen molar-refractivity contribution >= 4 is 0 Å². The van der Waals surface area contributed by atoms with Crippen LogP contribution in [0.3, 0.4) is 0 Å². The number of nitrogens with zero attached hydrogens (tertiary/aromatic N) is 1. The SMILES string of the molecule is C=CCN(CCO)Cc1cc(OC)ccc1OC. The third kappa shape index (κ3) is 4.05. The molecule has 0 radical (unpaired) electrons. The summed E-state index contributed by atoms with van der Waals surface area (Å²) in [5.41, 5.74) is 1.03. The van der Waals surface area contributed by atoms with E-state index in [0.717, 1.165) is 23.6 Å². The molecule has 0 aliphatic heterocycles. The number of hydrogen-bond donors (Lipinski definition) is 1. The molecular weight excluding hydrogens is 230 g/mol. The molecule has 0 heterocycles. The molecule has 0 aliphatic carbocycles. The minimum Gasteiger partial charge on any atom is -0.497 e. The van der Waals surface area contributed by atoms with Gasteiger partial charge in [0, 0.05) is 25.2 Å². The highest BCUT2D eigenvalue weighted by Gasteiger charge is 2.09. The van der Waals surface area contributed by atoms with Crippen LogP contribution in [0.25, 0.3) is 0 Å². The summed E-state index contributed by atoms with van der Waals surface area (Å²) in [6.07, 6.45) is 1.82. The molecule has 0 aromatic heterocycles. The Morgan fingerprint density at radius 1 is 1.33 bits per heavy atom. The van der Waals surface area contributed by atoms with Crippen LogP contribution in [-0.2, 0) is 6.54 Å². The molecular formula is C14H21NO3. The van der Waals surface area contributed by atoms with Gasteiger partial charge in [0.2, 0.25) is 0 Å². The summed E-state index contributed by atoms with van der Waals surface area (Å²) in [6, 6.07) is 5.71. The molecule has 0 unspecified atom stereocenters. The van der Waals surface area contributed by atoms with Gasteiger partial charge in [-0.25, -0.2) is 0 Å². The molecule has 1 N–H and O–H groups in total. The van der Waals surface area contributed by atoms with E-state index in [9.17, 15) is 0 Å². The van der Waals surface area contributed by atoms with Crippen LogP contribution < -0.4 is 9.47 Å². The number of ether oxygens (including phenoxy) is 2. The van der Waals surface area contributed by atoms with E-state index in [4.69, 9.17) is 14.6 Å². The highest BCUT2D eigenvalue weighted by Crippen LogP contribution is 2.25. The lowest BCUT2D eigenvalue weighted by atomic mass is 10.1. The molecule has 18 heavy (non-hydrogen) atoms. The molecule has 0 atom stereocenters. The van der Waals surface area contributed by atoms with Gasteiger partial charge in [-0.2, -0.15) is 0 Å². The first-order chi connectivity index (χ1) is 8.74. The van der Waals surface area contributed by atoms with Crippen molar-refractivity contribution in [3.63, 3.8) is 0 Å². The normalized spacial score (nSPS) is 10.4. The molecule has 0 saturated carbocycles. The Balaban J connectivity index is 2.87. The summed E-state index contributed by atoms with van der Waals surface area (Å²) in [5, 5.41) is 9.04. The quantitative estimate of drug-likeness (QED) is 0.714. The Bertz CT molecular complexity index is 379. The first-order valence-corrected chi connectivity index (χ1v) is 5.90. The van der Waals surface area contributed by atoms with Crippen molar-refractivity contribution in [3.8, 4) is 11.5 Å². The van der Waals surface area contributed by atoms with E-state index < -0.39 is 0 Å². The fraction of sp³-hybridized carbons (Fsp3) is 0.429. The van der Waals surface area contributed by atoms with Crippen LogP contribution in [0.4, 0.5) is 0 Å². The topological polar surface area (TPSA) is 41.9 Å². The van der Waals surface area contributed by atoms with Crippen molar-refractivity contribution in [2.24, 2.45) is 0 Å². The van der Waals surface area contributed by atoms with Gasteiger partial charge >= 0.3 is 0 Å². The van der Waals surface area contributed by atoms with Gasteiger partial charge in [-0.15, -0.1) is 6.58 Å². The number of aliphatic hydroxyl groups excluding tert-OH is 1. The first kappa shape index (κ1) is 14.5. The van der Waals surface area contributed by atoms with Gasteiger partial charge in [0.1, 0.15) is 11.5 Å². The maximum Gasteiger partial charge on any atom is 0.123 e. The number of rotatable bonds is 8. The Labute approximate surface area is 108 Å². The van der Waals surface area contributed by atoms with Crippen LogP contribution in [0.2, 0.25) is 0 Å². The van der Waals surface area contributed by atoms with E-state index in [2.05, 4.69) is 11.5 Å². The molecule has 1 aromatic carbocycles. The summed E-state index contributed by atoms with van der Waals surface area (Å²) < 4.78 is 10.5. The maximum atomic E-state index is 9.04. The van der Waals surface area contributed by atoms with E-state index in [-0.39, 0.29) is 6.61 Å². The number of hydrogen-bond acceptors (Lipinski definition) is 4. The highest BCUT2D eigenvalue weighted by molar-refractivity contribution is 5.40. The average molecular weight is 251 g/mol. The molecule has 4 nitrogen and oxygen atoms in total. The zero-order valence-electron chi connectivity index (χ0n) is 11.1. The van der Waals surface area contributed by atoms with E-state index in [1.807, 2.05) is 24.3 Å². The van der Waals surface area contributed by atoms with Crippen LogP contribution in [0, 0.1) is 0 Å². The third-order valence-corrected chi connectivity index (χ3v) is 2.69. The zero-order chi connectivity index (χ0) is 13.4. The highest BCUT2D eigenvalue weighted by atomic mass is 16.5. The Kier molecular flexibility index (Phi) is 6.25. The molecule has 4 heteroatoms. The molecule has 0 fully saturated rings. The minimum atomic E-state index is 0.125. The fourth-order valence-corrected chi connectivity index (χ4v) is 1.81. The van der Waals surface area contributed by atoms with E-state index in [1.165, 1.54) is 0 Å². The minimum absolute atomic E-state index is 0.125. The molecule has 1 rings (SSSR count). The van der Waals surface area contributed by atoms with Crippen molar-refractivity contribution in [1.82, 2.24) is 4.90 Å². The van der Waals surface area contributed by atoms with Gasteiger partial charge in [0.05, 0.1) is 20.8 Å². The van der Waals surface area contributed by atoms with Crippen molar-refractivity contribution < 1.29 is 14.6 Å². The lowest BCUT2D eigenvalue weighted by molar-refractivity contribution is 0.202. The van der Waals surface area contributed by atoms with Crippen LogP contribution in [-0.4, -0.2) is 43.9 Å². The van der Waals surface area contributed by atoms with Gasteiger partial charge in [-0.3, -0.25) is 4.90 Å². The lowest BCUT2D eigenvalue weighted by Crippen LogP contribution is -2.26. The number of benzene rings is 1. The molecule has 1 aromatic rings. The summed E-state index contributed by atoms with van der Waals surface area (Å²) in [6.45, 7) is 5.86. The maximum absolute atomic E-state index is 9.04. The van der Waals surface area contributed by atoms with Crippen LogP contribution in [0.5, 0.6) is 11.5 Å². The lowest BCUT2D eigenvalue weighted by Gasteiger charge is -2.21. The molecule has 0 spiro atoms. The van der Waals surface area contributed by atoms with Crippen LogP contribution in [0.15, 0.2) is 30.9 Å². The summed E-state index contributed by atoms with van der Waals surface area (Å²) in [5.74, 6) is 1.62. The van der Waals surface area contributed by atoms with Crippen molar-refractivity contribution in [3.05, 3.63) is 36.4 Å². The molecule has 0 saturated heterocycles. The largest absolute Gasteiger partial charge is 0.497 e. The van der Waals surface area contributed by atoms with E-state index in [1.54, 1.807) is 14.2 Å². The predicted molar refractivity (Wildman–Crippen MR) is 72.1 cm³/mol. The monoisotopic (exact) mass is 251 g/mol. The Morgan fingerprint density at radius 3 is 2.67 bits per heavy atom. The fourth-order valence-electron chi connectivity index (χ4n) is 1.81. The second-order valence-electron chi connectivity index (χ2n) is 3.93. The summed E-state index contributed by atoms with van der Waals surface area (Å²) in [7, 11) is 3.29. The van der Waals surface area contributed by atoms with Crippen LogP contribution in [0.1, 0.15) is 5.56 Å². The number of methoxy groups -OCH3 is 2. The van der Waals surface area contributed by atoms with Crippen LogP contribution >= 0.6 is 0 Å². The van der Waals surface area contributed by atoms with Crippen molar-refractivity contribution in [1.29, 1.82) is 0 Å². The predicted octanol–water partition coefficient (Wildman–Crippen LogP) is 1.68. The van der Waals surface area contributed by atoms with Crippen molar-refractivity contribution in [2.45, 2.75) is 6.54 Å². The second-order valence-corrected chi connectivity index (χ2v) is 3.93. The van der Waals surface area contributed by atoms with Gasteiger partial charge in [-0.05, 0) is 18.2 Å². The molecule has 100 valence electrons. The van der Waals surface area contributed by atoms with Crippen molar-refractivity contribution in [2.75, 3.05) is 33.9 Å². The molecule has 0 amide bonds. The zero-order valence-corrected chi connectivity index (χ0v) is 11.1. The number of aliphatic hydroxyl groups is 1. The second kappa shape index (κ2) is 7.74. The Hall–Kier alpha value is -1.52.